The zero-order valence-electron chi connectivity index (χ0n) is 10.9. The molecule has 6 heteroatoms. The second kappa shape index (κ2) is 6.42. The Hall–Kier alpha value is -2.76. The van der Waals surface area contributed by atoms with Gasteiger partial charge in [-0.2, -0.15) is 0 Å². The number of nitrogens with zero attached hydrogens (tertiary/aromatic N) is 1. The highest BCUT2D eigenvalue weighted by molar-refractivity contribution is 5.46. The van der Waals surface area contributed by atoms with E-state index in [0.717, 1.165) is 11.4 Å². The van der Waals surface area contributed by atoms with E-state index in [1.165, 1.54) is 12.1 Å². The van der Waals surface area contributed by atoms with Crippen molar-refractivity contribution < 1.29 is 14.4 Å². The second-order valence-corrected chi connectivity index (χ2v) is 3.94. The van der Waals surface area contributed by atoms with Crippen LogP contribution in [-0.4, -0.2) is 18.8 Å². The third-order valence-corrected chi connectivity index (χ3v) is 2.65. The smallest absolute Gasteiger partial charge is 0.269 e. The van der Waals surface area contributed by atoms with Gasteiger partial charge in [-0.05, 0) is 36.4 Å². The van der Waals surface area contributed by atoms with Gasteiger partial charge in [-0.25, -0.2) is 0 Å². The number of anilines is 1. The molecule has 0 saturated heterocycles. The summed E-state index contributed by atoms with van der Waals surface area (Å²) in [5, 5.41) is 13.6. The predicted molar refractivity (Wildman–Crippen MR) is 75.2 cm³/mol. The monoisotopic (exact) mass is 274 g/mol. The number of ether oxygens (including phenoxy) is 2. The van der Waals surface area contributed by atoms with Crippen LogP contribution in [0.25, 0.3) is 0 Å². The molecule has 2 aromatic rings. The number of methoxy groups -OCH3 is 1. The largest absolute Gasteiger partial charge is 0.497 e. The van der Waals surface area contributed by atoms with Crippen LogP contribution in [0.5, 0.6) is 11.5 Å². The molecule has 1 N–H and O–H groups in total. The SMILES string of the molecule is COc1ccc(NCOc2ccc([N+](=O)[O-])cc2)cc1. The van der Waals surface area contributed by atoms with Crippen LogP contribution in [-0.2, 0) is 0 Å². The van der Waals surface area contributed by atoms with Crippen LogP contribution in [0.15, 0.2) is 48.5 Å². The maximum absolute atomic E-state index is 10.5. The summed E-state index contributed by atoms with van der Waals surface area (Å²) in [4.78, 5) is 10.1. The van der Waals surface area contributed by atoms with Gasteiger partial charge in [0.1, 0.15) is 11.5 Å². The van der Waals surface area contributed by atoms with Crippen molar-refractivity contribution in [2.75, 3.05) is 19.2 Å². The molecule has 0 fully saturated rings. The van der Waals surface area contributed by atoms with Crippen LogP contribution in [0.3, 0.4) is 0 Å². The maximum atomic E-state index is 10.5. The molecule has 0 aromatic heterocycles. The summed E-state index contributed by atoms with van der Waals surface area (Å²) in [6.45, 7) is 0.268. The van der Waals surface area contributed by atoms with E-state index in [1.807, 2.05) is 24.3 Å². The second-order valence-electron chi connectivity index (χ2n) is 3.94. The first-order valence-corrected chi connectivity index (χ1v) is 5.94. The van der Waals surface area contributed by atoms with E-state index in [-0.39, 0.29) is 12.4 Å². The van der Waals surface area contributed by atoms with Crippen molar-refractivity contribution in [1.29, 1.82) is 0 Å². The van der Waals surface area contributed by atoms with Crippen molar-refractivity contribution in [3.63, 3.8) is 0 Å². The summed E-state index contributed by atoms with van der Waals surface area (Å²) in [6.07, 6.45) is 0. The van der Waals surface area contributed by atoms with Crippen molar-refractivity contribution >= 4 is 11.4 Å². The van der Waals surface area contributed by atoms with Crippen LogP contribution in [0.4, 0.5) is 11.4 Å². The zero-order valence-corrected chi connectivity index (χ0v) is 10.9. The lowest BCUT2D eigenvalue weighted by atomic mass is 10.3. The third kappa shape index (κ3) is 3.61. The number of hydrogen-bond donors (Lipinski definition) is 1. The molecule has 0 amide bonds. The van der Waals surface area contributed by atoms with E-state index in [1.54, 1.807) is 19.2 Å². The lowest BCUT2D eigenvalue weighted by molar-refractivity contribution is -0.384. The highest BCUT2D eigenvalue weighted by Crippen LogP contribution is 2.18. The number of nitro groups is 1. The molecule has 0 saturated carbocycles. The minimum atomic E-state index is -0.445. The fourth-order valence-electron chi connectivity index (χ4n) is 1.58. The van der Waals surface area contributed by atoms with Gasteiger partial charge in [-0.3, -0.25) is 10.1 Å². The average Bonchev–Trinajstić information content (AvgIpc) is 2.48. The van der Waals surface area contributed by atoms with Gasteiger partial charge in [0.25, 0.3) is 5.69 Å². The fourth-order valence-corrected chi connectivity index (χ4v) is 1.58. The van der Waals surface area contributed by atoms with Gasteiger partial charge in [0.2, 0.25) is 0 Å². The molecule has 2 rings (SSSR count). The number of nitrogens with one attached hydrogen (secondary N) is 1. The lowest BCUT2D eigenvalue weighted by Crippen LogP contribution is -2.08. The summed E-state index contributed by atoms with van der Waals surface area (Å²) in [7, 11) is 1.61. The molecular formula is C14H14N2O4. The highest BCUT2D eigenvalue weighted by atomic mass is 16.6. The van der Waals surface area contributed by atoms with Crippen LogP contribution < -0.4 is 14.8 Å². The van der Waals surface area contributed by atoms with Gasteiger partial charge in [0, 0.05) is 17.8 Å². The molecule has 0 unspecified atom stereocenters. The Bertz CT molecular complexity index is 567. The Kier molecular flexibility index (Phi) is 4.39. The van der Waals surface area contributed by atoms with E-state index >= 15 is 0 Å². The molecular weight excluding hydrogens is 260 g/mol. The Labute approximate surface area is 116 Å². The van der Waals surface area contributed by atoms with Gasteiger partial charge < -0.3 is 14.8 Å². The third-order valence-electron chi connectivity index (χ3n) is 2.65. The summed E-state index contributed by atoms with van der Waals surface area (Å²) in [5.74, 6) is 1.35. The molecule has 104 valence electrons. The highest BCUT2D eigenvalue weighted by Gasteiger charge is 2.04. The van der Waals surface area contributed by atoms with Crippen molar-refractivity contribution in [1.82, 2.24) is 0 Å². The van der Waals surface area contributed by atoms with E-state index in [0.29, 0.717) is 5.75 Å². The summed E-state index contributed by atoms with van der Waals surface area (Å²) in [6, 6.07) is 13.4. The van der Waals surface area contributed by atoms with Gasteiger partial charge >= 0.3 is 0 Å². The average molecular weight is 274 g/mol. The number of nitro benzene ring substituents is 1. The van der Waals surface area contributed by atoms with Crippen LogP contribution >= 0.6 is 0 Å². The predicted octanol–water partition coefficient (Wildman–Crippen LogP) is 3.05. The summed E-state index contributed by atoms with van der Waals surface area (Å²) in [5.41, 5.74) is 0.938. The van der Waals surface area contributed by atoms with Crippen LogP contribution in [0, 0.1) is 10.1 Å². The Morgan fingerprint density at radius 3 is 2.20 bits per heavy atom. The van der Waals surface area contributed by atoms with Crippen molar-refractivity contribution in [3.8, 4) is 11.5 Å². The Balaban J connectivity index is 1.84. The molecule has 0 atom stereocenters. The Morgan fingerprint density at radius 2 is 1.65 bits per heavy atom. The normalized spacial score (nSPS) is 9.85. The lowest BCUT2D eigenvalue weighted by Gasteiger charge is -2.09. The van der Waals surface area contributed by atoms with Gasteiger partial charge in [-0.15, -0.1) is 0 Å². The Morgan fingerprint density at radius 1 is 1.05 bits per heavy atom. The molecule has 0 aliphatic carbocycles. The van der Waals surface area contributed by atoms with Crippen molar-refractivity contribution in [2.24, 2.45) is 0 Å². The fraction of sp³-hybridized carbons (Fsp3) is 0.143. The van der Waals surface area contributed by atoms with E-state index < -0.39 is 4.92 Å². The maximum Gasteiger partial charge on any atom is 0.269 e. The minimum absolute atomic E-state index is 0.0421. The van der Waals surface area contributed by atoms with Crippen LogP contribution in [0.2, 0.25) is 0 Å². The zero-order chi connectivity index (χ0) is 14.4. The molecule has 0 aliphatic rings. The first kappa shape index (κ1) is 13.7. The molecule has 0 bridgehead atoms. The quantitative estimate of drug-likeness (QED) is 0.498. The molecule has 0 aliphatic heterocycles. The van der Waals surface area contributed by atoms with Gasteiger partial charge in [0.15, 0.2) is 6.73 Å². The molecule has 2 aromatic carbocycles. The first-order chi connectivity index (χ1) is 9.69. The number of rotatable bonds is 6. The van der Waals surface area contributed by atoms with Crippen molar-refractivity contribution in [2.45, 2.75) is 0 Å². The van der Waals surface area contributed by atoms with Crippen LogP contribution in [0.1, 0.15) is 0 Å². The number of non-ortho nitro benzene ring substituents is 1. The standard InChI is InChI=1S/C14H14N2O4/c1-19-13-6-2-11(3-7-13)15-10-20-14-8-4-12(5-9-14)16(17)18/h2-9,15H,10H2,1H3. The molecule has 20 heavy (non-hydrogen) atoms. The number of benzene rings is 2. The van der Waals surface area contributed by atoms with E-state index in [4.69, 9.17) is 9.47 Å². The van der Waals surface area contributed by atoms with Gasteiger partial charge in [-0.1, -0.05) is 0 Å². The topological polar surface area (TPSA) is 73.6 Å². The van der Waals surface area contributed by atoms with E-state index in [9.17, 15) is 10.1 Å². The molecule has 6 nitrogen and oxygen atoms in total. The molecule has 0 spiro atoms. The molecule has 0 heterocycles. The molecule has 0 radical (unpaired) electrons. The number of hydrogen-bond acceptors (Lipinski definition) is 5. The van der Waals surface area contributed by atoms with Crippen molar-refractivity contribution in [3.05, 3.63) is 58.6 Å². The first-order valence-electron chi connectivity index (χ1n) is 5.94. The summed E-state index contributed by atoms with van der Waals surface area (Å²) < 4.78 is 10.5. The minimum Gasteiger partial charge on any atom is -0.497 e. The van der Waals surface area contributed by atoms with E-state index in [2.05, 4.69) is 5.32 Å². The van der Waals surface area contributed by atoms with Gasteiger partial charge in [0.05, 0.1) is 12.0 Å². The summed E-state index contributed by atoms with van der Waals surface area (Å²) >= 11 is 0.